The van der Waals surface area contributed by atoms with Gasteiger partial charge in [-0.2, -0.15) is 0 Å². The zero-order chi connectivity index (χ0) is 35.1. The lowest BCUT2D eigenvalue weighted by molar-refractivity contribution is -0.141. The highest BCUT2D eigenvalue weighted by Crippen LogP contribution is 2.47. The Morgan fingerprint density at radius 1 is 1.14 bits per heavy atom. The SMILES string of the molecule is CC1(S(=O)(=O)NC(=O)[C@@]23C[C@H]2C=CCCCCC[C@H](NCc2ccccc2)C(=O)N2C[C@H](Oc4nc5ccc(Cl)cc5s4)C[C@H]2C(=O)N3)CC1. The van der Waals surface area contributed by atoms with Gasteiger partial charge in [0.1, 0.15) is 17.7 Å². The molecule has 50 heavy (non-hydrogen) atoms. The number of thiazole rings is 1. The van der Waals surface area contributed by atoms with Crippen LogP contribution in [0.2, 0.25) is 5.02 Å². The number of hydrogen-bond acceptors (Lipinski definition) is 9. The molecule has 1 aromatic heterocycles. The molecule has 11 nitrogen and oxygen atoms in total. The van der Waals surface area contributed by atoms with Crippen LogP contribution in [0.5, 0.6) is 5.19 Å². The number of halogens is 1. The van der Waals surface area contributed by atoms with E-state index in [1.54, 1.807) is 17.9 Å². The van der Waals surface area contributed by atoms with Crippen molar-refractivity contribution in [1.29, 1.82) is 0 Å². The topological polar surface area (TPSA) is 147 Å². The zero-order valence-electron chi connectivity index (χ0n) is 27.9. The number of fused-ring (bicyclic) bond motifs is 3. The average molecular weight is 740 g/mol. The van der Waals surface area contributed by atoms with Crippen molar-refractivity contribution in [3.63, 3.8) is 0 Å². The molecule has 2 saturated carbocycles. The molecule has 2 aliphatic heterocycles. The Balaban J connectivity index is 1.17. The van der Waals surface area contributed by atoms with Crippen molar-refractivity contribution in [3.8, 4) is 5.19 Å². The van der Waals surface area contributed by atoms with E-state index in [-0.39, 0.29) is 31.2 Å². The molecule has 0 radical (unpaired) electrons. The van der Waals surface area contributed by atoms with Gasteiger partial charge >= 0.3 is 0 Å². The van der Waals surface area contributed by atoms with Gasteiger partial charge in [-0.15, -0.1) is 0 Å². The predicted octanol–water partition coefficient (Wildman–Crippen LogP) is 4.85. The third-order valence-corrected chi connectivity index (χ3v) is 13.8. The molecule has 266 valence electrons. The summed E-state index contributed by atoms with van der Waals surface area (Å²) in [5, 5.41) is 7.39. The maximum atomic E-state index is 14.4. The number of aromatic nitrogens is 1. The van der Waals surface area contributed by atoms with Crippen molar-refractivity contribution in [2.24, 2.45) is 5.92 Å². The van der Waals surface area contributed by atoms with Crippen LogP contribution in [0.15, 0.2) is 60.7 Å². The number of ether oxygens (including phenoxy) is 1. The molecule has 7 rings (SSSR count). The molecular formula is C36H42ClN5O6S2. The fourth-order valence-corrected chi connectivity index (χ4v) is 9.38. The van der Waals surface area contributed by atoms with Crippen LogP contribution in [0.3, 0.4) is 0 Å². The first kappa shape index (κ1) is 34.9. The van der Waals surface area contributed by atoms with E-state index in [2.05, 4.69) is 20.3 Å². The Morgan fingerprint density at radius 3 is 2.72 bits per heavy atom. The van der Waals surface area contributed by atoms with Crippen molar-refractivity contribution in [2.45, 2.75) is 99.7 Å². The molecule has 3 amide bonds. The maximum absolute atomic E-state index is 14.4. The predicted molar refractivity (Wildman–Crippen MR) is 192 cm³/mol. The minimum Gasteiger partial charge on any atom is -0.465 e. The van der Waals surface area contributed by atoms with Gasteiger partial charge in [-0.3, -0.25) is 19.1 Å². The van der Waals surface area contributed by atoms with Gasteiger partial charge in [0.05, 0.1) is 27.6 Å². The Labute approximate surface area is 301 Å². The van der Waals surface area contributed by atoms with Crippen LogP contribution in [0.4, 0.5) is 0 Å². The Kier molecular flexibility index (Phi) is 9.70. The highest BCUT2D eigenvalue weighted by molar-refractivity contribution is 7.91. The molecule has 3 aromatic rings. The number of benzene rings is 2. The number of allylic oxidation sites excluding steroid dienone is 1. The molecule has 3 fully saturated rings. The molecule has 3 heterocycles. The van der Waals surface area contributed by atoms with Gasteiger partial charge in [0.15, 0.2) is 0 Å². The highest BCUT2D eigenvalue weighted by Gasteiger charge is 2.63. The van der Waals surface area contributed by atoms with Crippen molar-refractivity contribution in [3.05, 3.63) is 71.3 Å². The highest BCUT2D eigenvalue weighted by atomic mass is 35.5. The molecule has 0 spiro atoms. The summed E-state index contributed by atoms with van der Waals surface area (Å²) in [6.45, 7) is 2.24. The fraction of sp³-hybridized carbons (Fsp3) is 0.500. The first-order valence-corrected chi connectivity index (χ1v) is 20.0. The number of rotatable bonds is 8. The molecule has 2 aromatic carbocycles. The van der Waals surface area contributed by atoms with E-state index in [9.17, 15) is 22.8 Å². The summed E-state index contributed by atoms with van der Waals surface area (Å²) < 4.78 is 34.7. The van der Waals surface area contributed by atoms with Crippen LogP contribution in [-0.4, -0.2) is 71.0 Å². The van der Waals surface area contributed by atoms with Crippen LogP contribution >= 0.6 is 22.9 Å². The van der Waals surface area contributed by atoms with E-state index in [1.165, 1.54) is 11.3 Å². The van der Waals surface area contributed by atoms with Gasteiger partial charge < -0.3 is 20.3 Å². The van der Waals surface area contributed by atoms with Gasteiger partial charge in [0.25, 0.3) is 11.1 Å². The molecule has 0 unspecified atom stereocenters. The van der Waals surface area contributed by atoms with Gasteiger partial charge in [-0.1, -0.05) is 78.3 Å². The Bertz CT molecular complexity index is 1920. The molecular weight excluding hydrogens is 698 g/mol. The van der Waals surface area contributed by atoms with E-state index in [1.807, 2.05) is 54.6 Å². The number of carbonyl (C=O) groups is 3. The molecule has 3 N–H and O–H groups in total. The lowest BCUT2D eigenvalue weighted by Crippen LogP contribution is -2.58. The lowest BCUT2D eigenvalue weighted by atomic mass is 10.0. The van der Waals surface area contributed by atoms with Gasteiger partial charge in [0, 0.05) is 23.9 Å². The summed E-state index contributed by atoms with van der Waals surface area (Å²) in [6.07, 6.45) is 8.76. The van der Waals surface area contributed by atoms with E-state index in [0.29, 0.717) is 36.0 Å². The number of amides is 3. The van der Waals surface area contributed by atoms with Crippen LogP contribution < -0.4 is 20.1 Å². The Hall–Kier alpha value is -3.52. The van der Waals surface area contributed by atoms with Crippen LogP contribution in [0.1, 0.15) is 70.3 Å². The molecule has 0 bridgehead atoms. The molecule has 14 heteroatoms. The maximum Gasteiger partial charge on any atom is 0.274 e. The molecule has 2 aliphatic carbocycles. The number of nitrogens with zero attached hydrogens (tertiary/aromatic N) is 2. The second kappa shape index (κ2) is 13.9. The summed E-state index contributed by atoms with van der Waals surface area (Å²) in [5.74, 6) is -1.84. The second-order valence-electron chi connectivity index (χ2n) is 14.2. The summed E-state index contributed by atoms with van der Waals surface area (Å²) in [7, 11) is -3.93. The quantitative estimate of drug-likeness (QED) is 0.278. The van der Waals surface area contributed by atoms with E-state index >= 15 is 0 Å². The summed E-state index contributed by atoms with van der Waals surface area (Å²) in [6, 6.07) is 13.7. The molecule has 1 saturated heterocycles. The normalized spacial score (nSPS) is 28.2. The van der Waals surface area contributed by atoms with E-state index in [4.69, 9.17) is 16.3 Å². The van der Waals surface area contributed by atoms with Crippen LogP contribution in [0, 0.1) is 5.92 Å². The first-order valence-electron chi connectivity index (χ1n) is 17.3. The minimum absolute atomic E-state index is 0.145. The number of carbonyl (C=O) groups excluding carboxylic acids is 3. The molecule has 5 atom stereocenters. The van der Waals surface area contributed by atoms with Crippen LogP contribution in [-0.2, 0) is 31.0 Å². The standard InChI is InChI=1S/C36H42ClN5O6S2/c1-35(16-17-35)50(46,47)41-33(45)36-20-24(36)12-8-3-2-4-9-13-28(38-21-23-10-6-5-7-11-23)32(44)42-22-26(19-29(42)31(43)40-36)48-34-39-27-15-14-25(37)18-30(27)49-34/h5-8,10-12,14-15,18,24,26,28-29,38H,2-4,9,13,16-17,19-22H2,1H3,(H,40,43)(H,41,45)/t24-,26-,28+,29+,36-/m1/s1. The molecule has 4 aliphatic rings. The monoisotopic (exact) mass is 739 g/mol. The Morgan fingerprint density at radius 2 is 1.94 bits per heavy atom. The lowest BCUT2D eigenvalue weighted by Gasteiger charge is -2.30. The third-order valence-electron chi connectivity index (χ3n) is 10.5. The second-order valence-corrected chi connectivity index (χ2v) is 17.8. The fourth-order valence-electron chi connectivity index (χ4n) is 6.91. The third kappa shape index (κ3) is 7.28. The van der Waals surface area contributed by atoms with Gasteiger partial charge in [0.2, 0.25) is 21.8 Å². The largest absolute Gasteiger partial charge is 0.465 e. The zero-order valence-corrected chi connectivity index (χ0v) is 30.3. The summed E-state index contributed by atoms with van der Waals surface area (Å²) in [4.78, 5) is 48.7. The van der Waals surface area contributed by atoms with Gasteiger partial charge in [-0.25, -0.2) is 13.4 Å². The number of hydrogen-bond donors (Lipinski definition) is 3. The van der Waals surface area contributed by atoms with Gasteiger partial charge in [-0.05, 0) is 69.2 Å². The van der Waals surface area contributed by atoms with Crippen molar-refractivity contribution in [1.82, 2.24) is 25.2 Å². The van der Waals surface area contributed by atoms with Crippen LogP contribution in [0.25, 0.3) is 10.2 Å². The van der Waals surface area contributed by atoms with Crippen molar-refractivity contribution < 1.29 is 27.5 Å². The smallest absolute Gasteiger partial charge is 0.274 e. The van der Waals surface area contributed by atoms with E-state index < -0.39 is 50.3 Å². The van der Waals surface area contributed by atoms with E-state index in [0.717, 1.165) is 41.5 Å². The van der Waals surface area contributed by atoms with Crippen molar-refractivity contribution >= 4 is 60.9 Å². The number of nitrogens with one attached hydrogen (secondary N) is 3. The summed E-state index contributed by atoms with van der Waals surface area (Å²) in [5.41, 5.74) is 0.339. The number of sulfonamides is 1. The summed E-state index contributed by atoms with van der Waals surface area (Å²) >= 11 is 7.53. The first-order chi connectivity index (χ1) is 24.0. The van der Waals surface area contributed by atoms with Crippen molar-refractivity contribution in [2.75, 3.05) is 6.54 Å². The average Bonchev–Trinajstić information content (AvgIpc) is 3.90. The minimum atomic E-state index is -3.93.